The van der Waals surface area contributed by atoms with Crippen molar-refractivity contribution in [2.45, 2.75) is 19.9 Å². The molecular weight excluding hydrogens is 324 g/mol. The van der Waals surface area contributed by atoms with Crippen molar-refractivity contribution in [2.24, 2.45) is 0 Å². The molecule has 2 aromatic rings. The number of thiophene rings is 1. The maximum absolute atomic E-state index is 4.56. The molecule has 4 nitrogen and oxygen atoms in total. The molecule has 2 heterocycles. The molecule has 2 rings (SSSR count). The number of nitrogens with one attached hydrogen (secondary N) is 1. The van der Waals surface area contributed by atoms with Crippen LogP contribution in [0.25, 0.3) is 0 Å². The van der Waals surface area contributed by atoms with Crippen molar-refractivity contribution in [1.82, 2.24) is 9.97 Å². The van der Waals surface area contributed by atoms with Crippen LogP contribution >= 0.6 is 27.3 Å². The predicted octanol–water partition coefficient (Wildman–Crippen LogP) is 3.76. The Morgan fingerprint density at radius 3 is 2.95 bits per heavy atom. The van der Waals surface area contributed by atoms with Crippen molar-refractivity contribution in [3.05, 3.63) is 33.2 Å². The molecular formula is C13H17BrN4S. The molecule has 0 aliphatic heterocycles. The van der Waals surface area contributed by atoms with Crippen LogP contribution in [0, 0.1) is 0 Å². The molecule has 0 fully saturated rings. The van der Waals surface area contributed by atoms with E-state index in [9.17, 15) is 0 Å². The third kappa shape index (κ3) is 4.18. The summed E-state index contributed by atoms with van der Waals surface area (Å²) in [5.74, 6) is 1.71. The van der Waals surface area contributed by atoms with Crippen LogP contribution in [0.4, 0.5) is 11.6 Å². The zero-order valence-corrected chi connectivity index (χ0v) is 13.5. The molecule has 2 aromatic heterocycles. The highest BCUT2D eigenvalue weighted by Gasteiger charge is 2.07. The lowest BCUT2D eigenvalue weighted by atomic mass is 10.4. The molecule has 0 aliphatic rings. The first-order valence-electron chi connectivity index (χ1n) is 6.19. The van der Waals surface area contributed by atoms with Gasteiger partial charge in [0.05, 0.1) is 18.9 Å². The van der Waals surface area contributed by atoms with Crippen molar-refractivity contribution in [3.63, 3.8) is 0 Å². The fraction of sp³-hybridized carbons (Fsp3) is 0.385. The van der Waals surface area contributed by atoms with Crippen LogP contribution in [-0.2, 0) is 6.54 Å². The summed E-state index contributed by atoms with van der Waals surface area (Å²) in [5, 5.41) is 5.34. The molecule has 0 atom stereocenters. The van der Waals surface area contributed by atoms with E-state index in [1.54, 1.807) is 23.7 Å². The Labute approximate surface area is 126 Å². The molecule has 0 bridgehead atoms. The lowest BCUT2D eigenvalue weighted by Crippen LogP contribution is -2.18. The van der Waals surface area contributed by atoms with E-state index < -0.39 is 0 Å². The fourth-order valence-electron chi connectivity index (χ4n) is 1.63. The summed E-state index contributed by atoms with van der Waals surface area (Å²) in [6.07, 6.45) is 4.62. The van der Waals surface area contributed by atoms with Gasteiger partial charge in [0, 0.05) is 28.3 Å². The normalized spacial score (nSPS) is 10.5. The largest absolute Gasteiger partial charge is 0.369 e. The Bertz CT molecular complexity index is 529. The first-order chi connectivity index (χ1) is 9.19. The smallest absolute Gasteiger partial charge is 0.149 e. The number of rotatable bonds is 6. The summed E-state index contributed by atoms with van der Waals surface area (Å²) in [5.41, 5.74) is 0. The summed E-state index contributed by atoms with van der Waals surface area (Å²) in [7, 11) is 2.03. The van der Waals surface area contributed by atoms with Crippen molar-refractivity contribution < 1.29 is 0 Å². The topological polar surface area (TPSA) is 41.1 Å². The zero-order chi connectivity index (χ0) is 13.7. The van der Waals surface area contributed by atoms with E-state index in [-0.39, 0.29) is 0 Å². The van der Waals surface area contributed by atoms with Crippen LogP contribution in [0.5, 0.6) is 0 Å². The lowest BCUT2D eigenvalue weighted by Gasteiger charge is -2.17. The van der Waals surface area contributed by atoms with Crippen LogP contribution in [0.1, 0.15) is 18.2 Å². The maximum atomic E-state index is 4.56. The summed E-state index contributed by atoms with van der Waals surface area (Å²) >= 11 is 5.21. The zero-order valence-electron chi connectivity index (χ0n) is 11.1. The first kappa shape index (κ1) is 14.3. The van der Waals surface area contributed by atoms with Gasteiger partial charge in [0.25, 0.3) is 0 Å². The standard InChI is InChI=1S/C13H17BrN4S/c1-3-4-16-12-6-15-7-13(17-12)18(2)8-11-5-10(14)9-19-11/h5-7,9H,3-4,8H2,1-2H3,(H,16,17). The summed E-state index contributed by atoms with van der Waals surface area (Å²) in [4.78, 5) is 12.2. The fourth-order valence-corrected chi connectivity index (χ4v) is 3.13. The molecule has 6 heteroatoms. The third-order valence-electron chi connectivity index (χ3n) is 2.58. The molecule has 0 aromatic carbocycles. The maximum Gasteiger partial charge on any atom is 0.149 e. The summed E-state index contributed by atoms with van der Waals surface area (Å²) < 4.78 is 1.13. The molecule has 0 amide bonds. The van der Waals surface area contributed by atoms with Gasteiger partial charge in [0.1, 0.15) is 11.6 Å². The first-order valence-corrected chi connectivity index (χ1v) is 7.86. The Kier molecular flexibility index (Phi) is 5.15. The highest BCUT2D eigenvalue weighted by Crippen LogP contribution is 2.22. The molecule has 0 aliphatic carbocycles. The average Bonchev–Trinajstić information content (AvgIpc) is 2.82. The van der Waals surface area contributed by atoms with Gasteiger partial charge in [-0.2, -0.15) is 0 Å². The lowest BCUT2D eigenvalue weighted by molar-refractivity contribution is 0.897. The molecule has 0 unspecified atom stereocenters. The molecule has 0 saturated carbocycles. The molecule has 19 heavy (non-hydrogen) atoms. The van der Waals surface area contributed by atoms with Crippen molar-refractivity contribution in [1.29, 1.82) is 0 Å². The van der Waals surface area contributed by atoms with E-state index in [0.717, 1.165) is 35.6 Å². The number of anilines is 2. The van der Waals surface area contributed by atoms with Gasteiger partial charge in [-0.3, -0.25) is 4.98 Å². The Balaban J connectivity index is 2.03. The van der Waals surface area contributed by atoms with Crippen LogP contribution in [0.15, 0.2) is 28.3 Å². The number of nitrogens with zero attached hydrogens (tertiary/aromatic N) is 3. The van der Waals surface area contributed by atoms with E-state index >= 15 is 0 Å². The SMILES string of the molecule is CCCNc1cncc(N(C)Cc2cc(Br)cs2)n1. The van der Waals surface area contributed by atoms with Gasteiger partial charge in [-0.25, -0.2) is 4.98 Å². The molecule has 0 saturated heterocycles. The number of hydrogen-bond acceptors (Lipinski definition) is 5. The second-order valence-corrected chi connectivity index (χ2v) is 6.19. The van der Waals surface area contributed by atoms with Crippen LogP contribution in [0.3, 0.4) is 0 Å². The van der Waals surface area contributed by atoms with Crippen LogP contribution < -0.4 is 10.2 Å². The minimum absolute atomic E-state index is 0.832. The molecule has 1 N–H and O–H groups in total. The van der Waals surface area contributed by atoms with Gasteiger partial charge in [0.2, 0.25) is 0 Å². The van der Waals surface area contributed by atoms with Gasteiger partial charge < -0.3 is 10.2 Å². The molecule has 0 radical (unpaired) electrons. The Hall–Kier alpha value is -1.14. The van der Waals surface area contributed by atoms with Gasteiger partial charge >= 0.3 is 0 Å². The summed E-state index contributed by atoms with van der Waals surface area (Å²) in [6, 6.07) is 2.13. The van der Waals surface area contributed by atoms with E-state index in [2.05, 4.69) is 54.5 Å². The number of halogens is 1. The predicted molar refractivity (Wildman–Crippen MR) is 84.9 cm³/mol. The average molecular weight is 341 g/mol. The number of hydrogen-bond donors (Lipinski definition) is 1. The highest BCUT2D eigenvalue weighted by molar-refractivity contribution is 9.10. The molecule has 0 spiro atoms. The van der Waals surface area contributed by atoms with E-state index in [1.807, 2.05) is 7.05 Å². The van der Waals surface area contributed by atoms with E-state index in [0.29, 0.717) is 0 Å². The van der Waals surface area contributed by atoms with Crippen molar-refractivity contribution in [2.75, 3.05) is 23.8 Å². The second-order valence-electron chi connectivity index (χ2n) is 4.28. The van der Waals surface area contributed by atoms with Crippen LogP contribution in [0.2, 0.25) is 0 Å². The van der Waals surface area contributed by atoms with Crippen LogP contribution in [-0.4, -0.2) is 23.6 Å². The quantitative estimate of drug-likeness (QED) is 0.869. The Morgan fingerprint density at radius 2 is 2.26 bits per heavy atom. The van der Waals surface area contributed by atoms with Gasteiger partial charge in [-0.15, -0.1) is 11.3 Å². The minimum atomic E-state index is 0.832. The van der Waals surface area contributed by atoms with Gasteiger partial charge in [0.15, 0.2) is 0 Å². The van der Waals surface area contributed by atoms with Gasteiger partial charge in [-0.05, 0) is 28.4 Å². The van der Waals surface area contributed by atoms with Crippen molar-refractivity contribution >= 4 is 38.9 Å². The van der Waals surface area contributed by atoms with Gasteiger partial charge in [-0.1, -0.05) is 6.92 Å². The summed E-state index contributed by atoms with van der Waals surface area (Å²) in [6.45, 7) is 3.88. The van der Waals surface area contributed by atoms with E-state index in [4.69, 9.17) is 0 Å². The van der Waals surface area contributed by atoms with Crippen molar-refractivity contribution in [3.8, 4) is 0 Å². The minimum Gasteiger partial charge on any atom is -0.369 e. The number of aromatic nitrogens is 2. The van der Waals surface area contributed by atoms with E-state index in [1.165, 1.54) is 4.88 Å². The molecule has 102 valence electrons. The second kappa shape index (κ2) is 6.86. The highest BCUT2D eigenvalue weighted by atomic mass is 79.9. The third-order valence-corrected chi connectivity index (χ3v) is 4.27. The Morgan fingerprint density at radius 1 is 1.42 bits per heavy atom. The monoisotopic (exact) mass is 340 g/mol.